The van der Waals surface area contributed by atoms with Gasteiger partial charge < -0.3 is 10.0 Å². The van der Waals surface area contributed by atoms with Crippen LogP contribution in [0.3, 0.4) is 0 Å². The van der Waals surface area contributed by atoms with Crippen molar-refractivity contribution in [1.29, 1.82) is 0 Å². The topological polar surface area (TPSA) is 57.6 Å². The van der Waals surface area contributed by atoms with Crippen molar-refractivity contribution in [2.75, 3.05) is 6.54 Å². The molecule has 4 heteroatoms. The van der Waals surface area contributed by atoms with Crippen LogP contribution in [0.4, 0.5) is 0 Å². The molecular weight excluding hydrogens is 278 g/mol. The van der Waals surface area contributed by atoms with Crippen molar-refractivity contribution in [1.82, 2.24) is 4.90 Å². The summed E-state index contributed by atoms with van der Waals surface area (Å²) in [6, 6.07) is 0.255. The largest absolute Gasteiger partial charge is 0.481 e. The Bertz CT molecular complexity index is 520. The highest BCUT2D eigenvalue weighted by atomic mass is 16.4. The van der Waals surface area contributed by atoms with Crippen LogP contribution in [0.15, 0.2) is 11.1 Å². The Morgan fingerprint density at radius 1 is 1.05 bits per heavy atom. The molecule has 1 heterocycles. The molecule has 0 aromatic carbocycles. The van der Waals surface area contributed by atoms with Crippen LogP contribution >= 0.6 is 0 Å². The molecule has 1 aliphatic heterocycles. The number of hydrogen-bond donors (Lipinski definition) is 1. The zero-order valence-corrected chi connectivity index (χ0v) is 13.8. The molecule has 0 aromatic heterocycles. The van der Waals surface area contributed by atoms with Crippen LogP contribution in [0, 0.1) is 23.7 Å². The van der Waals surface area contributed by atoms with E-state index in [4.69, 9.17) is 0 Å². The molecule has 4 nitrogen and oxygen atoms in total. The van der Waals surface area contributed by atoms with Crippen molar-refractivity contribution in [3.63, 3.8) is 0 Å². The number of rotatable bonds is 2. The van der Waals surface area contributed by atoms with Gasteiger partial charge in [0, 0.05) is 12.6 Å². The Labute approximate surface area is 132 Å². The van der Waals surface area contributed by atoms with E-state index in [1.807, 2.05) is 4.90 Å². The Balaban J connectivity index is 1.93. The molecular formula is C18H27NO3. The van der Waals surface area contributed by atoms with Crippen LogP contribution in [0.5, 0.6) is 0 Å². The van der Waals surface area contributed by atoms with Gasteiger partial charge in [0.25, 0.3) is 0 Å². The van der Waals surface area contributed by atoms with Crippen molar-refractivity contribution in [2.24, 2.45) is 23.7 Å². The molecule has 0 radical (unpaired) electrons. The van der Waals surface area contributed by atoms with Crippen molar-refractivity contribution in [2.45, 2.75) is 58.9 Å². The van der Waals surface area contributed by atoms with E-state index in [1.165, 1.54) is 17.6 Å². The van der Waals surface area contributed by atoms with Gasteiger partial charge in [0.05, 0.1) is 11.8 Å². The molecule has 122 valence electrons. The van der Waals surface area contributed by atoms with Gasteiger partial charge in [-0.05, 0) is 64.7 Å². The number of allylic oxidation sites excluding steroid dienone is 2. The zero-order chi connectivity index (χ0) is 16.0. The van der Waals surface area contributed by atoms with E-state index in [1.54, 1.807) is 0 Å². The number of carboxylic acids is 1. The lowest BCUT2D eigenvalue weighted by molar-refractivity contribution is -0.154. The first-order valence-electron chi connectivity index (χ1n) is 8.64. The maximum atomic E-state index is 13.1. The number of fused-ring (bicyclic) bond motifs is 2. The van der Waals surface area contributed by atoms with Crippen molar-refractivity contribution >= 4 is 11.9 Å². The van der Waals surface area contributed by atoms with E-state index in [-0.39, 0.29) is 29.7 Å². The predicted molar refractivity (Wildman–Crippen MR) is 84.2 cm³/mol. The quantitative estimate of drug-likeness (QED) is 0.798. The summed E-state index contributed by atoms with van der Waals surface area (Å²) in [5.74, 6) is -1.27. The minimum Gasteiger partial charge on any atom is -0.481 e. The third-order valence-electron chi connectivity index (χ3n) is 6.08. The molecule has 3 fully saturated rings. The average molecular weight is 305 g/mol. The summed E-state index contributed by atoms with van der Waals surface area (Å²) in [5, 5.41) is 9.73. The van der Waals surface area contributed by atoms with E-state index in [9.17, 15) is 14.7 Å². The SMILES string of the molecule is CC(C)=C1[C@H]2CC[C@@H]1[C@@H](C(=O)N1CCCC[C@@H]1C)[C@@H]2C(=O)O. The maximum absolute atomic E-state index is 13.1. The molecule has 22 heavy (non-hydrogen) atoms. The summed E-state index contributed by atoms with van der Waals surface area (Å²) < 4.78 is 0. The number of amides is 1. The molecule has 0 spiro atoms. The highest BCUT2D eigenvalue weighted by Crippen LogP contribution is 2.57. The number of aliphatic carboxylic acids is 1. The molecule has 2 saturated carbocycles. The summed E-state index contributed by atoms with van der Waals surface area (Å²) in [6.45, 7) is 7.03. The molecule has 0 aromatic rings. The second-order valence-corrected chi connectivity index (χ2v) is 7.51. The number of hydrogen-bond acceptors (Lipinski definition) is 2. The molecule has 1 saturated heterocycles. The fourth-order valence-corrected chi connectivity index (χ4v) is 5.20. The molecule has 5 atom stereocenters. The lowest BCUT2D eigenvalue weighted by atomic mass is 9.78. The van der Waals surface area contributed by atoms with Gasteiger partial charge in [-0.25, -0.2) is 0 Å². The highest BCUT2D eigenvalue weighted by molar-refractivity contribution is 5.88. The molecule has 0 unspecified atom stereocenters. The van der Waals surface area contributed by atoms with Crippen LogP contribution in [0.2, 0.25) is 0 Å². The number of carbonyl (C=O) groups is 2. The first kappa shape index (κ1) is 15.6. The smallest absolute Gasteiger partial charge is 0.307 e. The van der Waals surface area contributed by atoms with Gasteiger partial charge in [0.15, 0.2) is 0 Å². The molecule has 2 bridgehead atoms. The average Bonchev–Trinajstić information content (AvgIpc) is 3.02. The first-order valence-corrected chi connectivity index (χ1v) is 8.64. The van der Waals surface area contributed by atoms with Gasteiger partial charge in [-0.15, -0.1) is 0 Å². The lowest BCUT2D eigenvalue weighted by Gasteiger charge is -2.38. The normalized spacial score (nSPS) is 37.5. The summed E-state index contributed by atoms with van der Waals surface area (Å²) in [6.07, 6.45) is 5.17. The Kier molecular flexibility index (Phi) is 4.04. The second-order valence-electron chi connectivity index (χ2n) is 7.51. The highest BCUT2D eigenvalue weighted by Gasteiger charge is 2.58. The maximum Gasteiger partial charge on any atom is 0.307 e. The van der Waals surface area contributed by atoms with Crippen LogP contribution < -0.4 is 0 Å². The molecule has 1 N–H and O–H groups in total. The first-order chi connectivity index (χ1) is 10.4. The van der Waals surface area contributed by atoms with Crippen LogP contribution in [0.25, 0.3) is 0 Å². The number of carboxylic acid groups (broad SMARTS) is 1. The van der Waals surface area contributed by atoms with Crippen molar-refractivity contribution in [3.05, 3.63) is 11.1 Å². The van der Waals surface area contributed by atoms with Gasteiger partial charge >= 0.3 is 5.97 Å². The lowest BCUT2D eigenvalue weighted by Crippen LogP contribution is -2.49. The van der Waals surface area contributed by atoms with Crippen LogP contribution in [-0.4, -0.2) is 34.5 Å². The van der Waals surface area contributed by atoms with E-state index in [0.717, 1.165) is 32.2 Å². The molecule has 1 amide bonds. The summed E-state index contributed by atoms with van der Waals surface area (Å²) in [4.78, 5) is 26.9. The summed E-state index contributed by atoms with van der Waals surface area (Å²) in [7, 11) is 0. The molecule has 3 aliphatic rings. The number of likely N-dealkylation sites (tertiary alicyclic amines) is 1. The Morgan fingerprint density at radius 3 is 2.23 bits per heavy atom. The summed E-state index contributed by atoms with van der Waals surface area (Å²) >= 11 is 0. The van der Waals surface area contributed by atoms with Gasteiger partial charge in [0.1, 0.15) is 0 Å². The van der Waals surface area contributed by atoms with Crippen LogP contribution in [-0.2, 0) is 9.59 Å². The standard InChI is InChI=1S/C18H27NO3/c1-10(2)14-12-7-8-13(14)16(18(21)22)15(12)17(20)19-9-5-4-6-11(19)3/h11-13,15-16H,4-9H2,1-3H3,(H,21,22)/t11-,12-,13+,15+,16+/m0/s1. The Hall–Kier alpha value is -1.32. The second kappa shape index (κ2) is 5.71. The van der Waals surface area contributed by atoms with E-state index in [2.05, 4.69) is 20.8 Å². The fourth-order valence-electron chi connectivity index (χ4n) is 5.20. The monoisotopic (exact) mass is 305 g/mol. The van der Waals surface area contributed by atoms with Crippen molar-refractivity contribution < 1.29 is 14.7 Å². The van der Waals surface area contributed by atoms with E-state index < -0.39 is 11.9 Å². The number of piperidine rings is 1. The zero-order valence-electron chi connectivity index (χ0n) is 13.8. The molecule has 2 aliphatic carbocycles. The molecule has 3 rings (SSSR count). The summed E-state index contributed by atoms with van der Waals surface area (Å²) in [5.41, 5.74) is 2.50. The van der Waals surface area contributed by atoms with Crippen LogP contribution in [0.1, 0.15) is 52.9 Å². The van der Waals surface area contributed by atoms with E-state index >= 15 is 0 Å². The fraction of sp³-hybridized carbons (Fsp3) is 0.778. The third kappa shape index (κ3) is 2.27. The predicted octanol–water partition coefficient (Wildman–Crippen LogP) is 3.08. The Morgan fingerprint density at radius 2 is 1.68 bits per heavy atom. The van der Waals surface area contributed by atoms with Crippen molar-refractivity contribution in [3.8, 4) is 0 Å². The minimum absolute atomic E-state index is 0.0848. The third-order valence-corrected chi connectivity index (χ3v) is 6.08. The van der Waals surface area contributed by atoms with Gasteiger partial charge in [-0.3, -0.25) is 9.59 Å². The van der Waals surface area contributed by atoms with E-state index in [0.29, 0.717) is 0 Å². The van der Waals surface area contributed by atoms with Gasteiger partial charge in [-0.1, -0.05) is 11.1 Å². The van der Waals surface area contributed by atoms with Gasteiger partial charge in [0.2, 0.25) is 5.91 Å². The number of carbonyl (C=O) groups excluding carboxylic acids is 1. The minimum atomic E-state index is -0.783. The number of nitrogens with zero attached hydrogens (tertiary/aromatic N) is 1. The van der Waals surface area contributed by atoms with Gasteiger partial charge in [-0.2, -0.15) is 0 Å².